The van der Waals surface area contributed by atoms with E-state index in [1.54, 1.807) is 6.20 Å². The molecule has 0 spiro atoms. The van der Waals surface area contributed by atoms with Gasteiger partial charge in [-0.3, -0.25) is 14.3 Å². The first-order valence-electron chi connectivity index (χ1n) is 6.29. The van der Waals surface area contributed by atoms with Gasteiger partial charge in [-0.15, -0.1) is 0 Å². The molecule has 0 aliphatic heterocycles. The van der Waals surface area contributed by atoms with Gasteiger partial charge in [0.1, 0.15) is 0 Å². The molecule has 0 saturated heterocycles. The van der Waals surface area contributed by atoms with Crippen LogP contribution in [0, 0.1) is 5.92 Å². The lowest BCUT2D eigenvalue weighted by molar-refractivity contribution is 0.135. The highest BCUT2D eigenvalue weighted by molar-refractivity contribution is 5.05. The van der Waals surface area contributed by atoms with Crippen molar-refractivity contribution in [3.8, 4) is 0 Å². The molecule has 0 bridgehead atoms. The monoisotopic (exact) mass is 253 g/mol. The van der Waals surface area contributed by atoms with Crippen molar-refractivity contribution in [1.82, 2.24) is 9.55 Å². The van der Waals surface area contributed by atoms with Gasteiger partial charge in [-0.2, -0.15) is 0 Å². The van der Waals surface area contributed by atoms with Crippen LogP contribution in [-0.4, -0.2) is 27.3 Å². The first-order valence-corrected chi connectivity index (χ1v) is 6.29. The van der Waals surface area contributed by atoms with Gasteiger partial charge in [-0.25, -0.2) is 4.79 Å². The summed E-state index contributed by atoms with van der Waals surface area (Å²) in [6, 6.07) is -0.0804. The maximum atomic E-state index is 11.8. The zero-order valence-electron chi connectivity index (χ0n) is 10.4. The number of rotatable bonds is 3. The topological polar surface area (TPSA) is 101 Å². The zero-order chi connectivity index (χ0) is 13.3. The molecule has 1 heterocycles. The standard InChI is InChI=1S/C12H19N3O3/c1-2-7-6-15(12(18)14-11(7)17)9-3-8(5-13)10(16)4-9/h6,8-10,16H,2-5,13H2,1H3,(H,14,17,18). The first-order chi connectivity index (χ1) is 8.56. The molecule has 1 fully saturated rings. The quantitative estimate of drug-likeness (QED) is 0.667. The predicted molar refractivity (Wildman–Crippen MR) is 67.5 cm³/mol. The Balaban J connectivity index is 2.35. The predicted octanol–water partition coefficient (Wildman–Crippen LogP) is -0.630. The van der Waals surface area contributed by atoms with Gasteiger partial charge in [0.05, 0.1) is 6.10 Å². The maximum Gasteiger partial charge on any atom is 0.328 e. The van der Waals surface area contributed by atoms with E-state index in [-0.39, 0.29) is 17.5 Å². The average Bonchev–Trinajstić information content (AvgIpc) is 2.70. The Hall–Kier alpha value is -1.40. The molecule has 1 aliphatic rings. The summed E-state index contributed by atoms with van der Waals surface area (Å²) in [5, 5.41) is 9.83. The van der Waals surface area contributed by atoms with Crippen molar-refractivity contribution in [3.63, 3.8) is 0 Å². The molecule has 1 aromatic rings. The van der Waals surface area contributed by atoms with E-state index >= 15 is 0 Å². The Bertz CT molecular complexity index is 534. The number of nitrogens with two attached hydrogens (primary N) is 1. The first kappa shape index (κ1) is 13.0. The molecule has 4 N–H and O–H groups in total. The number of aryl methyl sites for hydroxylation is 1. The molecule has 6 nitrogen and oxygen atoms in total. The van der Waals surface area contributed by atoms with E-state index in [2.05, 4.69) is 4.98 Å². The van der Waals surface area contributed by atoms with Crippen LogP contribution in [0.5, 0.6) is 0 Å². The SMILES string of the molecule is CCc1cn(C2CC(O)C(CN)C2)c(=O)[nH]c1=O. The Morgan fingerprint density at radius 1 is 1.50 bits per heavy atom. The number of aliphatic hydroxyl groups is 1. The van der Waals surface area contributed by atoms with Crippen LogP contribution in [0.4, 0.5) is 0 Å². The second-order valence-corrected chi connectivity index (χ2v) is 4.86. The molecule has 1 aromatic heterocycles. The minimum Gasteiger partial charge on any atom is -0.393 e. The summed E-state index contributed by atoms with van der Waals surface area (Å²) in [5.74, 6) is 0.0268. The van der Waals surface area contributed by atoms with Crippen LogP contribution in [0.1, 0.15) is 31.4 Å². The molecule has 100 valence electrons. The van der Waals surface area contributed by atoms with Crippen molar-refractivity contribution < 1.29 is 5.11 Å². The van der Waals surface area contributed by atoms with Crippen molar-refractivity contribution >= 4 is 0 Å². The molecule has 0 amide bonds. The lowest BCUT2D eigenvalue weighted by Gasteiger charge is -2.14. The van der Waals surface area contributed by atoms with Gasteiger partial charge in [0, 0.05) is 17.8 Å². The third kappa shape index (κ3) is 2.26. The summed E-state index contributed by atoms with van der Waals surface area (Å²) in [5.41, 5.74) is 5.42. The summed E-state index contributed by atoms with van der Waals surface area (Å²) < 4.78 is 1.53. The van der Waals surface area contributed by atoms with Gasteiger partial charge < -0.3 is 10.8 Å². The van der Waals surface area contributed by atoms with Crippen LogP contribution in [0.15, 0.2) is 15.8 Å². The van der Waals surface area contributed by atoms with Crippen LogP contribution in [-0.2, 0) is 6.42 Å². The van der Waals surface area contributed by atoms with Gasteiger partial charge in [-0.05, 0) is 31.7 Å². The fourth-order valence-electron chi connectivity index (χ4n) is 2.60. The molecule has 3 atom stereocenters. The van der Waals surface area contributed by atoms with Crippen LogP contribution in [0.25, 0.3) is 0 Å². The number of hydrogen-bond donors (Lipinski definition) is 3. The average molecular weight is 253 g/mol. The van der Waals surface area contributed by atoms with E-state index in [9.17, 15) is 14.7 Å². The van der Waals surface area contributed by atoms with E-state index in [4.69, 9.17) is 5.73 Å². The van der Waals surface area contributed by atoms with Gasteiger partial charge in [0.2, 0.25) is 0 Å². The lowest BCUT2D eigenvalue weighted by atomic mass is 10.1. The molecular formula is C12H19N3O3. The second kappa shape index (κ2) is 5.07. The van der Waals surface area contributed by atoms with Gasteiger partial charge in [0.25, 0.3) is 5.56 Å². The third-order valence-corrected chi connectivity index (χ3v) is 3.75. The van der Waals surface area contributed by atoms with Crippen molar-refractivity contribution in [2.75, 3.05) is 6.54 Å². The highest BCUT2D eigenvalue weighted by Crippen LogP contribution is 2.33. The van der Waals surface area contributed by atoms with Crippen molar-refractivity contribution in [2.45, 2.75) is 38.3 Å². The smallest absolute Gasteiger partial charge is 0.328 e. The normalized spacial score (nSPS) is 27.6. The van der Waals surface area contributed by atoms with Crippen molar-refractivity contribution in [2.24, 2.45) is 11.7 Å². The Labute approximate surface area is 104 Å². The number of H-pyrrole nitrogens is 1. The number of aliphatic hydroxyl groups excluding tert-OH is 1. The molecule has 2 rings (SSSR count). The van der Waals surface area contributed by atoms with E-state index in [1.165, 1.54) is 4.57 Å². The minimum atomic E-state index is -0.469. The van der Waals surface area contributed by atoms with Crippen LogP contribution < -0.4 is 17.0 Å². The van der Waals surface area contributed by atoms with Crippen LogP contribution in [0.2, 0.25) is 0 Å². The molecule has 0 aromatic carbocycles. The molecular weight excluding hydrogens is 234 g/mol. The molecule has 3 unspecified atom stereocenters. The number of aromatic nitrogens is 2. The van der Waals surface area contributed by atoms with Crippen molar-refractivity contribution in [1.29, 1.82) is 0 Å². The number of nitrogens with zero attached hydrogens (tertiary/aromatic N) is 1. The van der Waals surface area contributed by atoms with Gasteiger partial charge >= 0.3 is 5.69 Å². The highest BCUT2D eigenvalue weighted by Gasteiger charge is 2.33. The van der Waals surface area contributed by atoms with Crippen LogP contribution in [0.3, 0.4) is 0 Å². The summed E-state index contributed by atoms with van der Waals surface area (Å²) in [4.78, 5) is 25.6. The molecule has 6 heteroatoms. The largest absolute Gasteiger partial charge is 0.393 e. The lowest BCUT2D eigenvalue weighted by Crippen LogP contribution is -2.33. The number of hydrogen-bond acceptors (Lipinski definition) is 4. The molecule has 0 radical (unpaired) electrons. The van der Waals surface area contributed by atoms with Gasteiger partial charge in [0.15, 0.2) is 0 Å². The summed E-state index contributed by atoms with van der Waals surface area (Å²) >= 11 is 0. The van der Waals surface area contributed by atoms with Crippen LogP contribution >= 0.6 is 0 Å². The Kier molecular flexibility index (Phi) is 3.68. The van der Waals surface area contributed by atoms with E-state index in [1.807, 2.05) is 6.92 Å². The fourth-order valence-corrected chi connectivity index (χ4v) is 2.60. The van der Waals surface area contributed by atoms with E-state index < -0.39 is 11.8 Å². The van der Waals surface area contributed by atoms with E-state index in [0.717, 1.165) is 0 Å². The third-order valence-electron chi connectivity index (χ3n) is 3.75. The highest BCUT2D eigenvalue weighted by atomic mass is 16.3. The molecule has 18 heavy (non-hydrogen) atoms. The maximum absolute atomic E-state index is 11.8. The summed E-state index contributed by atoms with van der Waals surface area (Å²) in [6.07, 6.45) is 2.90. The summed E-state index contributed by atoms with van der Waals surface area (Å²) in [6.45, 7) is 2.28. The van der Waals surface area contributed by atoms with Gasteiger partial charge in [-0.1, -0.05) is 6.92 Å². The molecule has 1 saturated carbocycles. The fraction of sp³-hybridized carbons (Fsp3) is 0.667. The minimum absolute atomic E-state index is 0.0268. The zero-order valence-corrected chi connectivity index (χ0v) is 10.4. The number of aromatic amines is 1. The van der Waals surface area contributed by atoms with E-state index in [0.29, 0.717) is 31.4 Å². The van der Waals surface area contributed by atoms with Crippen molar-refractivity contribution in [3.05, 3.63) is 32.6 Å². The summed E-state index contributed by atoms with van der Waals surface area (Å²) in [7, 11) is 0. The Morgan fingerprint density at radius 3 is 2.78 bits per heavy atom. The number of nitrogens with one attached hydrogen (secondary N) is 1. The molecule has 1 aliphatic carbocycles. The Morgan fingerprint density at radius 2 is 2.22 bits per heavy atom. The second-order valence-electron chi connectivity index (χ2n) is 4.86.